The van der Waals surface area contributed by atoms with Crippen LogP contribution in [0.1, 0.15) is 37.6 Å². The Balaban J connectivity index is 3.40. The molecule has 0 aliphatic carbocycles. The van der Waals surface area contributed by atoms with Gasteiger partial charge in [-0.2, -0.15) is 0 Å². The molecule has 0 radical (unpaired) electrons. The molecule has 6 heteroatoms. The first-order valence-corrected chi connectivity index (χ1v) is 6.31. The Morgan fingerprint density at radius 3 is 2.61 bits per heavy atom. The fourth-order valence-electron chi connectivity index (χ4n) is 1.38. The maximum atomic E-state index is 11.5. The molecule has 0 saturated carbocycles. The Labute approximate surface area is 113 Å². The van der Waals surface area contributed by atoms with Gasteiger partial charge < -0.3 is 4.74 Å². The molecule has 1 rings (SSSR count). The number of benzene rings is 1. The number of carbonyl (C=O) groups is 1. The molecule has 0 aromatic heterocycles. The third-order valence-electron chi connectivity index (χ3n) is 2.50. The molecule has 1 aromatic carbocycles. The molecular weight excluding hydrogens is 302 g/mol. The van der Waals surface area contributed by atoms with Gasteiger partial charge in [0.15, 0.2) is 5.78 Å². The van der Waals surface area contributed by atoms with Gasteiger partial charge in [-0.05, 0) is 26.3 Å². The number of hydrogen-bond donors (Lipinski definition) is 0. The number of rotatable bonds is 5. The van der Waals surface area contributed by atoms with Crippen LogP contribution in [0.2, 0.25) is 0 Å². The second-order valence-electron chi connectivity index (χ2n) is 3.95. The summed E-state index contributed by atoms with van der Waals surface area (Å²) in [5.41, 5.74) is 0.0197. The number of ketones is 1. The molecule has 1 atom stereocenters. The summed E-state index contributed by atoms with van der Waals surface area (Å²) in [5, 5.41) is 11.0. The van der Waals surface area contributed by atoms with E-state index in [0.29, 0.717) is 10.9 Å². The van der Waals surface area contributed by atoms with E-state index in [4.69, 9.17) is 4.74 Å². The predicted octanol–water partition coefficient (Wildman–Crippen LogP) is 3.74. The third-order valence-corrected chi connectivity index (χ3v) is 2.96. The predicted molar refractivity (Wildman–Crippen MR) is 71.2 cm³/mol. The van der Waals surface area contributed by atoms with Crippen LogP contribution < -0.4 is 4.74 Å². The first kappa shape index (κ1) is 14.6. The van der Waals surface area contributed by atoms with Crippen molar-refractivity contribution in [1.29, 1.82) is 0 Å². The van der Waals surface area contributed by atoms with E-state index in [1.807, 2.05) is 6.92 Å². The van der Waals surface area contributed by atoms with E-state index >= 15 is 0 Å². The second kappa shape index (κ2) is 5.95. The summed E-state index contributed by atoms with van der Waals surface area (Å²) in [6.45, 7) is 5.06. The van der Waals surface area contributed by atoms with Gasteiger partial charge in [0.25, 0.3) is 0 Å². The number of nitrogens with zero attached hydrogens (tertiary/aromatic N) is 1. The monoisotopic (exact) mass is 315 g/mol. The van der Waals surface area contributed by atoms with E-state index in [0.717, 1.165) is 0 Å². The molecule has 0 heterocycles. The molecule has 18 heavy (non-hydrogen) atoms. The van der Waals surface area contributed by atoms with Crippen LogP contribution in [0.3, 0.4) is 0 Å². The highest BCUT2D eigenvalue weighted by Crippen LogP contribution is 2.35. The number of halogens is 1. The largest absolute Gasteiger partial charge is 0.483 e. The number of carbonyl (C=O) groups excluding carboxylic acids is 1. The molecule has 98 valence electrons. The molecule has 0 aliphatic heterocycles. The van der Waals surface area contributed by atoms with Gasteiger partial charge in [0.2, 0.25) is 5.75 Å². The lowest BCUT2D eigenvalue weighted by Gasteiger charge is -2.15. The van der Waals surface area contributed by atoms with Crippen molar-refractivity contribution in [2.24, 2.45) is 0 Å². The van der Waals surface area contributed by atoms with Crippen molar-refractivity contribution in [3.63, 3.8) is 0 Å². The van der Waals surface area contributed by atoms with Crippen LogP contribution in [-0.2, 0) is 0 Å². The zero-order valence-corrected chi connectivity index (χ0v) is 12.0. The van der Waals surface area contributed by atoms with Gasteiger partial charge in [-0.25, -0.2) is 0 Å². The van der Waals surface area contributed by atoms with Crippen LogP contribution in [0, 0.1) is 10.1 Å². The van der Waals surface area contributed by atoms with E-state index in [2.05, 4.69) is 15.9 Å². The fraction of sp³-hybridized carbons (Fsp3) is 0.417. The summed E-state index contributed by atoms with van der Waals surface area (Å²) >= 11 is 3.15. The maximum absolute atomic E-state index is 11.5. The zero-order valence-electron chi connectivity index (χ0n) is 10.4. The molecule has 0 N–H and O–H groups in total. The maximum Gasteiger partial charge on any atom is 0.312 e. The van der Waals surface area contributed by atoms with Gasteiger partial charge in [0.1, 0.15) is 0 Å². The second-order valence-corrected chi connectivity index (χ2v) is 4.87. The molecule has 0 spiro atoms. The van der Waals surface area contributed by atoms with Crippen molar-refractivity contribution in [3.8, 4) is 5.75 Å². The summed E-state index contributed by atoms with van der Waals surface area (Å²) < 4.78 is 6.00. The van der Waals surface area contributed by atoms with E-state index < -0.39 is 4.92 Å². The van der Waals surface area contributed by atoms with Crippen molar-refractivity contribution in [2.45, 2.75) is 33.3 Å². The van der Waals surface area contributed by atoms with Crippen LogP contribution in [0.25, 0.3) is 0 Å². The summed E-state index contributed by atoms with van der Waals surface area (Å²) in [4.78, 5) is 22.0. The van der Waals surface area contributed by atoms with E-state index in [9.17, 15) is 14.9 Å². The molecule has 0 aliphatic rings. The highest BCUT2D eigenvalue weighted by Gasteiger charge is 2.24. The smallest absolute Gasteiger partial charge is 0.312 e. The highest BCUT2D eigenvalue weighted by molar-refractivity contribution is 9.10. The third kappa shape index (κ3) is 3.29. The van der Waals surface area contributed by atoms with Gasteiger partial charge in [0.05, 0.1) is 16.6 Å². The van der Waals surface area contributed by atoms with Crippen LogP contribution in [0.15, 0.2) is 16.6 Å². The van der Waals surface area contributed by atoms with Gasteiger partial charge >= 0.3 is 5.69 Å². The SMILES string of the molecule is CCC(C)Oc1c(C(C)=O)cc(Br)cc1[N+](=O)[O-]. The number of Topliss-reactive ketones (excluding diaryl/α,β-unsaturated/α-hetero) is 1. The first-order valence-electron chi connectivity index (χ1n) is 5.52. The van der Waals surface area contributed by atoms with Crippen molar-refractivity contribution in [3.05, 3.63) is 32.3 Å². The zero-order chi connectivity index (χ0) is 13.9. The quantitative estimate of drug-likeness (QED) is 0.471. The first-order chi connectivity index (χ1) is 8.36. The molecule has 1 aromatic rings. The topological polar surface area (TPSA) is 69.4 Å². The van der Waals surface area contributed by atoms with Crippen molar-refractivity contribution >= 4 is 27.4 Å². The normalized spacial score (nSPS) is 12.0. The Bertz CT molecular complexity index is 452. The van der Waals surface area contributed by atoms with Gasteiger partial charge in [0, 0.05) is 10.5 Å². The van der Waals surface area contributed by atoms with E-state index in [1.165, 1.54) is 19.1 Å². The molecule has 0 bridgehead atoms. The molecule has 0 saturated heterocycles. The lowest BCUT2D eigenvalue weighted by atomic mass is 10.1. The minimum atomic E-state index is -0.547. The number of hydrogen-bond acceptors (Lipinski definition) is 4. The molecule has 0 amide bonds. The van der Waals surface area contributed by atoms with Crippen LogP contribution in [0.4, 0.5) is 5.69 Å². The molecule has 1 unspecified atom stereocenters. The molecule has 5 nitrogen and oxygen atoms in total. The Hall–Kier alpha value is -1.43. The van der Waals surface area contributed by atoms with Gasteiger partial charge in [-0.15, -0.1) is 0 Å². The summed E-state index contributed by atoms with van der Waals surface area (Å²) in [5.74, 6) is -0.220. The minimum Gasteiger partial charge on any atom is -0.483 e. The lowest BCUT2D eigenvalue weighted by Crippen LogP contribution is -2.13. The van der Waals surface area contributed by atoms with Gasteiger partial charge in [-0.3, -0.25) is 14.9 Å². The van der Waals surface area contributed by atoms with Crippen LogP contribution >= 0.6 is 15.9 Å². The van der Waals surface area contributed by atoms with Crippen molar-refractivity contribution in [2.75, 3.05) is 0 Å². The highest BCUT2D eigenvalue weighted by atomic mass is 79.9. The Kier molecular flexibility index (Phi) is 4.84. The number of nitro groups is 1. The Morgan fingerprint density at radius 1 is 1.56 bits per heavy atom. The Morgan fingerprint density at radius 2 is 2.17 bits per heavy atom. The molecule has 0 fully saturated rings. The van der Waals surface area contributed by atoms with E-state index in [-0.39, 0.29) is 28.9 Å². The standard InChI is InChI=1S/C12H14BrNO4/c1-4-7(2)18-12-10(8(3)15)5-9(13)6-11(12)14(16)17/h5-7H,4H2,1-3H3. The summed E-state index contributed by atoms with van der Waals surface area (Å²) in [7, 11) is 0. The fourth-order valence-corrected chi connectivity index (χ4v) is 1.83. The van der Waals surface area contributed by atoms with Crippen molar-refractivity contribution in [1.82, 2.24) is 0 Å². The van der Waals surface area contributed by atoms with Crippen LogP contribution in [-0.4, -0.2) is 16.8 Å². The lowest BCUT2D eigenvalue weighted by molar-refractivity contribution is -0.386. The minimum absolute atomic E-state index is 0.0463. The average Bonchev–Trinajstić information content (AvgIpc) is 2.29. The summed E-state index contributed by atoms with van der Waals surface area (Å²) in [6.07, 6.45) is 0.507. The summed E-state index contributed by atoms with van der Waals surface area (Å²) in [6, 6.07) is 2.87. The average molecular weight is 316 g/mol. The number of nitro benzene ring substituents is 1. The number of ether oxygens (including phenoxy) is 1. The molecular formula is C12H14BrNO4. The van der Waals surface area contributed by atoms with E-state index in [1.54, 1.807) is 6.92 Å². The van der Waals surface area contributed by atoms with Gasteiger partial charge in [-0.1, -0.05) is 22.9 Å². The van der Waals surface area contributed by atoms with Crippen LogP contribution in [0.5, 0.6) is 5.75 Å². The van der Waals surface area contributed by atoms with Crippen molar-refractivity contribution < 1.29 is 14.5 Å².